The fraction of sp³-hybridized carbons (Fsp3) is 0.417. The lowest BCUT2D eigenvalue weighted by Crippen LogP contribution is -2.36. The van der Waals surface area contributed by atoms with Gasteiger partial charge in [0.15, 0.2) is 0 Å². The number of carbonyl (C=O) groups excluding carboxylic acids is 1. The Hall–Kier alpha value is -2.82. The average Bonchev–Trinajstić information content (AvgIpc) is 2.77. The summed E-state index contributed by atoms with van der Waals surface area (Å²) in [5.41, 5.74) is 0.877. The number of hydrogen-bond donors (Lipinski definition) is 1. The van der Waals surface area contributed by atoms with Gasteiger partial charge in [-0.1, -0.05) is 36.8 Å². The number of ether oxygens (including phenoxy) is 2. The molecular formula is C24H28O5. The van der Waals surface area contributed by atoms with Crippen LogP contribution >= 0.6 is 0 Å². The second-order valence-electron chi connectivity index (χ2n) is 7.76. The highest BCUT2D eigenvalue weighted by molar-refractivity contribution is 5.89. The molecule has 0 amide bonds. The van der Waals surface area contributed by atoms with Gasteiger partial charge >= 0.3 is 11.9 Å². The van der Waals surface area contributed by atoms with Crippen LogP contribution in [-0.4, -0.2) is 30.8 Å². The molecular weight excluding hydrogens is 368 g/mol. The van der Waals surface area contributed by atoms with E-state index in [0.717, 1.165) is 24.2 Å². The third kappa shape index (κ3) is 5.17. The van der Waals surface area contributed by atoms with Crippen LogP contribution in [0.2, 0.25) is 0 Å². The Morgan fingerprint density at radius 2 is 1.83 bits per heavy atom. The molecule has 2 aromatic carbocycles. The molecule has 0 spiro atoms. The first-order valence-electron chi connectivity index (χ1n) is 10.1. The average molecular weight is 396 g/mol. The Morgan fingerprint density at radius 3 is 2.48 bits per heavy atom. The summed E-state index contributed by atoms with van der Waals surface area (Å²) in [6.07, 6.45) is 4.47. The van der Waals surface area contributed by atoms with Gasteiger partial charge in [-0.05, 0) is 67.9 Å². The van der Waals surface area contributed by atoms with Gasteiger partial charge in [-0.3, -0.25) is 4.79 Å². The largest absolute Gasteiger partial charge is 0.494 e. The van der Waals surface area contributed by atoms with Gasteiger partial charge in [-0.25, -0.2) is 4.79 Å². The van der Waals surface area contributed by atoms with Crippen molar-refractivity contribution in [3.8, 4) is 5.75 Å². The molecule has 1 fully saturated rings. The fourth-order valence-corrected chi connectivity index (χ4v) is 4.30. The van der Waals surface area contributed by atoms with Gasteiger partial charge in [0.25, 0.3) is 0 Å². The minimum Gasteiger partial charge on any atom is -0.494 e. The van der Waals surface area contributed by atoms with E-state index in [0.29, 0.717) is 37.9 Å². The normalized spacial score (nSPS) is 21.3. The molecule has 154 valence electrons. The molecule has 5 heteroatoms. The number of rotatable bonds is 8. The zero-order valence-corrected chi connectivity index (χ0v) is 16.8. The summed E-state index contributed by atoms with van der Waals surface area (Å²) in [6, 6.07) is 16.9. The second kappa shape index (κ2) is 9.59. The second-order valence-corrected chi connectivity index (χ2v) is 7.76. The van der Waals surface area contributed by atoms with E-state index in [1.807, 2.05) is 42.5 Å². The molecule has 0 saturated heterocycles. The maximum absolute atomic E-state index is 12.2. The van der Waals surface area contributed by atoms with E-state index in [4.69, 9.17) is 9.47 Å². The highest BCUT2D eigenvalue weighted by atomic mass is 16.5. The van der Waals surface area contributed by atoms with Gasteiger partial charge in [0, 0.05) is 0 Å². The molecule has 1 saturated carbocycles. The summed E-state index contributed by atoms with van der Waals surface area (Å²) >= 11 is 0. The number of aliphatic carboxylic acids is 1. The van der Waals surface area contributed by atoms with E-state index < -0.39 is 11.4 Å². The summed E-state index contributed by atoms with van der Waals surface area (Å²) in [4.78, 5) is 23.8. The van der Waals surface area contributed by atoms with Gasteiger partial charge in [-0.2, -0.15) is 0 Å². The van der Waals surface area contributed by atoms with Crippen LogP contribution in [0.15, 0.2) is 54.6 Å². The number of benzene rings is 2. The van der Waals surface area contributed by atoms with Crippen molar-refractivity contribution in [3.63, 3.8) is 0 Å². The van der Waals surface area contributed by atoms with Crippen molar-refractivity contribution in [2.24, 2.45) is 5.41 Å². The first kappa shape index (κ1) is 20.9. The number of carboxylic acid groups (broad SMARTS) is 1. The van der Waals surface area contributed by atoms with Crippen LogP contribution < -0.4 is 4.74 Å². The van der Waals surface area contributed by atoms with Crippen molar-refractivity contribution >= 4 is 11.9 Å². The van der Waals surface area contributed by atoms with Crippen molar-refractivity contribution in [3.05, 3.63) is 65.7 Å². The molecule has 1 aliphatic carbocycles. The Balaban J connectivity index is 1.62. The maximum atomic E-state index is 12.2. The van der Waals surface area contributed by atoms with Crippen molar-refractivity contribution in [1.82, 2.24) is 0 Å². The van der Waals surface area contributed by atoms with Gasteiger partial charge in [0.2, 0.25) is 0 Å². The van der Waals surface area contributed by atoms with E-state index in [1.54, 1.807) is 12.1 Å². The third-order valence-corrected chi connectivity index (χ3v) is 5.91. The van der Waals surface area contributed by atoms with Crippen LogP contribution in [0, 0.1) is 5.41 Å². The maximum Gasteiger partial charge on any atom is 0.337 e. The van der Waals surface area contributed by atoms with Crippen LogP contribution in [0.4, 0.5) is 0 Å². The van der Waals surface area contributed by atoms with E-state index in [2.05, 4.69) is 0 Å². The molecule has 2 aromatic rings. The van der Waals surface area contributed by atoms with Crippen molar-refractivity contribution < 1.29 is 24.2 Å². The van der Waals surface area contributed by atoms with Crippen molar-refractivity contribution in [2.45, 2.75) is 44.4 Å². The Kier molecular flexibility index (Phi) is 6.91. The van der Waals surface area contributed by atoms with E-state index in [9.17, 15) is 14.7 Å². The van der Waals surface area contributed by atoms with Crippen LogP contribution in [0.3, 0.4) is 0 Å². The van der Waals surface area contributed by atoms with E-state index in [-0.39, 0.29) is 11.9 Å². The minimum absolute atomic E-state index is 0.182. The summed E-state index contributed by atoms with van der Waals surface area (Å²) in [7, 11) is 1.36. The lowest BCUT2D eigenvalue weighted by molar-refractivity contribution is -0.152. The molecule has 29 heavy (non-hydrogen) atoms. The highest BCUT2D eigenvalue weighted by Crippen LogP contribution is 2.47. The quantitative estimate of drug-likeness (QED) is 0.499. The Labute approximate surface area is 171 Å². The number of esters is 1. The number of para-hydroxylation sites is 1. The van der Waals surface area contributed by atoms with Crippen molar-refractivity contribution in [2.75, 3.05) is 13.7 Å². The third-order valence-electron chi connectivity index (χ3n) is 5.91. The van der Waals surface area contributed by atoms with Crippen LogP contribution in [0.5, 0.6) is 5.75 Å². The topological polar surface area (TPSA) is 72.8 Å². The molecule has 1 N–H and O–H groups in total. The molecule has 0 aliphatic heterocycles. The Bertz CT molecular complexity index is 815. The summed E-state index contributed by atoms with van der Waals surface area (Å²) in [6.45, 7) is 0.511. The monoisotopic (exact) mass is 396 g/mol. The first-order valence-corrected chi connectivity index (χ1v) is 10.1. The number of hydrogen-bond acceptors (Lipinski definition) is 4. The standard InChI is InChI=1S/C24H28O5/c1-28-22(25)19-12-10-18(11-13-19)20-7-5-14-24(17-20,23(26)27)15-6-16-29-21-8-3-2-4-9-21/h2-4,8-13,20H,5-7,14-17H2,1H3,(H,26,27). The van der Waals surface area contributed by atoms with Crippen molar-refractivity contribution in [1.29, 1.82) is 0 Å². The van der Waals surface area contributed by atoms with Gasteiger partial charge in [0.05, 0.1) is 24.7 Å². The molecule has 0 radical (unpaired) electrons. The predicted octanol–water partition coefficient (Wildman–Crippen LogP) is 5.06. The number of carboxylic acids is 1. The zero-order valence-electron chi connectivity index (χ0n) is 16.8. The minimum atomic E-state index is -0.718. The summed E-state index contributed by atoms with van der Waals surface area (Å²) < 4.78 is 10.5. The van der Waals surface area contributed by atoms with E-state index >= 15 is 0 Å². The Morgan fingerprint density at radius 1 is 1.10 bits per heavy atom. The molecule has 3 rings (SSSR count). The number of carbonyl (C=O) groups is 2. The van der Waals surface area contributed by atoms with Crippen LogP contribution in [0.1, 0.15) is 60.4 Å². The predicted molar refractivity (Wildman–Crippen MR) is 110 cm³/mol. The molecule has 5 nitrogen and oxygen atoms in total. The van der Waals surface area contributed by atoms with E-state index in [1.165, 1.54) is 7.11 Å². The zero-order chi connectivity index (χ0) is 20.7. The van der Waals surface area contributed by atoms with Gasteiger partial charge in [-0.15, -0.1) is 0 Å². The SMILES string of the molecule is COC(=O)c1ccc(C2CCCC(CCCOc3ccccc3)(C(=O)O)C2)cc1. The summed E-state index contributed by atoms with van der Waals surface area (Å²) in [5, 5.41) is 10.0. The number of methoxy groups -OCH3 is 1. The molecule has 0 bridgehead atoms. The first-order chi connectivity index (χ1) is 14.0. The summed E-state index contributed by atoms with van der Waals surface area (Å²) in [5.74, 6) is -0.0859. The fourth-order valence-electron chi connectivity index (χ4n) is 4.30. The molecule has 2 atom stereocenters. The molecule has 0 heterocycles. The van der Waals surface area contributed by atoms with Gasteiger partial charge in [0.1, 0.15) is 5.75 Å². The lowest BCUT2D eigenvalue weighted by Gasteiger charge is -2.38. The van der Waals surface area contributed by atoms with Gasteiger partial charge < -0.3 is 14.6 Å². The smallest absolute Gasteiger partial charge is 0.337 e. The molecule has 0 aromatic heterocycles. The van der Waals surface area contributed by atoms with Crippen LogP contribution in [0.25, 0.3) is 0 Å². The lowest BCUT2D eigenvalue weighted by atomic mass is 9.65. The highest BCUT2D eigenvalue weighted by Gasteiger charge is 2.42. The van der Waals surface area contributed by atoms with Crippen LogP contribution in [-0.2, 0) is 9.53 Å². The molecule has 2 unspecified atom stereocenters. The molecule has 1 aliphatic rings.